The number of thiazole rings is 1. The third-order valence-electron chi connectivity index (χ3n) is 6.04. The molecule has 3 aromatic rings. The quantitative estimate of drug-likeness (QED) is 0.388. The van der Waals surface area contributed by atoms with Crippen molar-refractivity contribution >= 4 is 40.0 Å². The van der Waals surface area contributed by atoms with E-state index >= 15 is 0 Å². The number of hydrogen-bond donors (Lipinski definition) is 0. The van der Waals surface area contributed by atoms with Crippen LogP contribution in [0.25, 0.3) is 6.08 Å². The predicted octanol–water partition coefficient (Wildman–Crippen LogP) is 6.13. The molecule has 0 aliphatic carbocycles. The number of rotatable bonds is 6. The number of hydrogen-bond acceptors (Lipinski definition) is 5. The molecule has 0 N–H and O–H groups in total. The molecule has 6 nitrogen and oxygen atoms in total. The number of aromatic nitrogens is 1. The Morgan fingerprint density at radius 3 is 2.63 bits per heavy atom. The fraction of sp³-hybridized carbons (Fsp3) is 0.296. The van der Waals surface area contributed by atoms with E-state index in [2.05, 4.69) is 4.98 Å². The summed E-state index contributed by atoms with van der Waals surface area (Å²) in [6.45, 7) is 2.05. The van der Waals surface area contributed by atoms with Gasteiger partial charge in [0.15, 0.2) is 5.13 Å². The van der Waals surface area contributed by atoms with Crippen LogP contribution < -0.4 is 9.64 Å². The molecule has 182 valence electrons. The lowest BCUT2D eigenvalue weighted by Gasteiger charge is -2.29. The van der Waals surface area contributed by atoms with Crippen LogP contribution in [0, 0.1) is 5.82 Å². The van der Waals surface area contributed by atoms with Crippen molar-refractivity contribution in [1.82, 2.24) is 9.88 Å². The minimum Gasteiger partial charge on any atom is -0.497 e. The van der Waals surface area contributed by atoms with Gasteiger partial charge in [-0.3, -0.25) is 14.5 Å². The van der Waals surface area contributed by atoms with Crippen LogP contribution in [0.5, 0.6) is 5.75 Å². The van der Waals surface area contributed by atoms with Gasteiger partial charge in [0.2, 0.25) is 11.8 Å². The number of anilines is 2. The van der Waals surface area contributed by atoms with Crippen molar-refractivity contribution in [2.75, 3.05) is 18.6 Å². The summed E-state index contributed by atoms with van der Waals surface area (Å²) in [5, 5.41) is 2.10. The van der Waals surface area contributed by atoms with Gasteiger partial charge >= 0.3 is 0 Å². The molecular weight excluding hydrogens is 465 g/mol. The van der Waals surface area contributed by atoms with E-state index in [1.165, 1.54) is 41.4 Å². The van der Waals surface area contributed by atoms with Crippen LogP contribution in [0.1, 0.15) is 49.9 Å². The molecule has 8 heteroatoms. The number of methoxy groups -OCH3 is 1. The van der Waals surface area contributed by atoms with Crippen molar-refractivity contribution in [2.24, 2.45) is 0 Å². The van der Waals surface area contributed by atoms with Gasteiger partial charge in [-0.1, -0.05) is 37.1 Å². The third kappa shape index (κ3) is 5.77. The van der Waals surface area contributed by atoms with E-state index in [4.69, 9.17) is 4.74 Å². The Morgan fingerprint density at radius 1 is 1.14 bits per heavy atom. The first kappa shape index (κ1) is 24.6. The second-order valence-electron chi connectivity index (χ2n) is 8.36. The van der Waals surface area contributed by atoms with Crippen molar-refractivity contribution in [1.29, 1.82) is 0 Å². The maximum Gasteiger partial charge on any atom is 0.247 e. The molecule has 1 aliphatic heterocycles. The van der Waals surface area contributed by atoms with Gasteiger partial charge in [-0.2, -0.15) is 0 Å². The standard InChI is InChI=1S/C27H28FN3O3S/c1-19(32)31(25-10-6-5-8-23(25)28)27-29-21(18-35-27)13-16-26(33)30-17-7-3-4-9-24(30)20-11-14-22(34-2)15-12-20/h5-6,8,10-16,18,24H,3-4,7,9,17H2,1-2H3/b16-13+. The number of para-hydroxylation sites is 1. The molecule has 2 amide bonds. The normalized spacial score (nSPS) is 16.2. The number of nitrogens with zero attached hydrogens (tertiary/aromatic N) is 3. The second kappa shape index (κ2) is 11.3. The van der Waals surface area contributed by atoms with Crippen molar-refractivity contribution in [3.05, 3.63) is 77.1 Å². The van der Waals surface area contributed by atoms with Crippen molar-refractivity contribution in [3.8, 4) is 5.75 Å². The Hall–Kier alpha value is -3.52. The topological polar surface area (TPSA) is 62.7 Å². The van der Waals surface area contributed by atoms with Gasteiger partial charge in [0.1, 0.15) is 11.6 Å². The lowest BCUT2D eigenvalue weighted by atomic mass is 10.0. The molecule has 2 heterocycles. The molecule has 0 radical (unpaired) electrons. The summed E-state index contributed by atoms with van der Waals surface area (Å²) in [7, 11) is 1.64. The molecule has 0 saturated carbocycles. The Bertz CT molecular complexity index is 1210. The number of amides is 2. The summed E-state index contributed by atoms with van der Waals surface area (Å²) in [4.78, 5) is 33.1. The van der Waals surface area contributed by atoms with Crippen LogP contribution in [0.2, 0.25) is 0 Å². The monoisotopic (exact) mass is 493 g/mol. The van der Waals surface area contributed by atoms with E-state index in [-0.39, 0.29) is 23.5 Å². The third-order valence-corrected chi connectivity index (χ3v) is 6.89. The van der Waals surface area contributed by atoms with Crippen LogP contribution >= 0.6 is 11.3 Å². The molecule has 1 aromatic heterocycles. The molecule has 0 bridgehead atoms. The van der Waals surface area contributed by atoms with Crippen LogP contribution in [-0.4, -0.2) is 35.4 Å². The average Bonchev–Trinajstić information content (AvgIpc) is 3.18. The number of halogens is 1. The lowest BCUT2D eigenvalue weighted by Crippen LogP contribution is -2.33. The van der Waals surface area contributed by atoms with E-state index < -0.39 is 5.82 Å². The summed E-state index contributed by atoms with van der Waals surface area (Å²) in [6, 6.07) is 14.0. The maximum atomic E-state index is 14.3. The Morgan fingerprint density at radius 2 is 1.91 bits per heavy atom. The predicted molar refractivity (Wildman–Crippen MR) is 136 cm³/mol. The summed E-state index contributed by atoms with van der Waals surface area (Å²) < 4.78 is 19.6. The number of carbonyl (C=O) groups is 2. The maximum absolute atomic E-state index is 14.3. The zero-order valence-electron chi connectivity index (χ0n) is 19.8. The lowest BCUT2D eigenvalue weighted by molar-refractivity contribution is -0.128. The highest BCUT2D eigenvalue weighted by Crippen LogP contribution is 2.33. The van der Waals surface area contributed by atoms with Crippen LogP contribution in [0.4, 0.5) is 15.2 Å². The summed E-state index contributed by atoms with van der Waals surface area (Å²) in [5.41, 5.74) is 1.77. The highest BCUT2D eigenvalue weighted by Gasteiger charge is 2.26. The van der Waals surface area contributed by atoms with Gasteiger partial charge in [0.25, 0.3) is 0 Å². The number of ether oxygens (including phenoxy) is 1. The number of benzene rings is 2. The molecule has 1 aliphatic rings. The highest BCUT2D eigenvalue weighted by atomic mass is 32.1. The largest absolute Gasteiger partial charge is 0.497 e. The van der Waals surface area contributed by atoms with Crippen molar-refractivity contribution in [2.45, 2.75) is 38.6 Å². The molecule has 35 heavy (non-hydrogen) atoms. The minimum atomic E-state index is -0.504. The smallest absolute Gasteiger partial charge is 0.247 e. The molecule has 1 atom stereocenters. The first-order valence-electron chi connectivity index (χ1n) is 11.6. The zero-order chi connectivity index (χ0) is 24.8. The van der Waals surface area contributed by atoms with Crippen LogP contribution in [-0.2, 0) is 9.59 Å². The molecular formula is C27H28FN3O3S. The molecule has 1 unspecified atom stereocenters. The zero-order valence-corrected chi connectivity index (χ0v) is 20.6. The van der Waals surface area contributed by atoms with Crippen LogP contribution in [0.3, 0.4) is 0 Å². The van der Waals surface area contributed by atoms with Gasteiger partial charge in [0, 0.05) is 24.9 Å². The highest BCUT2D eigenvalue weighted by molar-refractivity contribution is 7.14. The van der Waals surface area contributed by atoms with E-state index in [1.807, 2.05) is 29.2 Å². The van der Waals surface area contributed by atoms with E-state index in [0.717, 1.165) is 37.0 Å². The fourth-order valence-corrected chi connectivity index (χ4v) is 5.14. The second-order valence-corrected chi connectivity index (χ2v) is 9.20. The molecule has 1 fully saturated rings. The first-order chi connectivity index (χ1) is 17.0. The van der Waals surface area contributed by atoms with E-state index in [0.29, 0.717) is 17.4 Å². The van der Waals surface area contributed by atoms with Crippen LogP contribution in [0.15, 0.2) is 60.0 Å². The Kier molecular flexibility index (Phi) is 7.92. The summed E-state index contributed by atoms with van der Waals surface area (Å²) in [6.07, 6.45) is 7.20. The number of carbonyl (C=O) groups excluding carboxylic acids is 2. The van der Waals surface area contributed by atoms with Gasteiger partial charge in [-0.15, -0.1) is 11.3 Å². The van der Waals surface area contributed by atoms with Crippen molar-refractivity contribution < 1.29 is 18.7 Å². The average molecular weight is 494 g/mol. The summed E-state index contributed by atoms with van der Waals surface area (Å²) >= 11 is 1.22. The first-order valence-corrected chi connectivity index (χ1v) is 12.5. The number of likely N-dealkylation sites (tertiary alicyclic amines) is 1. The Balaban J connectivity index is 1.53. The molecule has 0 spiro atoms. The SMILES string of the molecule is COc1ccc(C2CCCCCN2C(=O)/C=C/c2csc(N(C(C)=O)c3ccccc3F)n2)cc1. The van der Waals surface area contributed by atoms with Gasteiger partial charge in [-0.05, 0) is 48.7 Å². The molecule has 4 rings (SSSR count). The molecule has 1 saturated heterocycles. The minimum absolute atomic E-state index is 0.000751. The van der Waals surface area contributed by atoms with Gasteiger partial charge < -0.3 is 9.64 Å². The van der Waals surface area contributed by atoms with Crippen molar-refractivity contribution in [3.63, 3.8) is 0 Å². The van der Waals surface area contributed by atoms with E-state index in [9.17, 15) is 14.0 Å². The van der Waals surface area contributed by atoms with Gasteiger partial charge in [0.05, 0.1) is 24.5 Å². The molecule has 2 aromatic carbocycles. The Labute approximate surface area is 208 Å². The van der Waals surface area contributed by atoms with Gasteiger partial charge in [-0.25, -0.2) is 9.37 Å². The summed E-state index contributed by atoms with van der Waals surface area (Å²) in [5.74, 6) is -0.145. The fourth-order valence-electron chi connectivity index (χ4n) is 4.29. The van der Waals surface area contributed by atoms with E-state index in [1.54, 1.807) is 30.7 Å².